The van der Waals surface area contributed by atoms with Crippen molar-refractivity contribution < 1.29 is 10.0 Å². The van der Waals surface area contributed by atoms with Crippen LogP contribution in [0.15, 0.2) is 18.2 Å². The normalized spacial score (nSPS) is 17.5. The Morgan fingerprint density at radius 3 is 2.59 bits per heavy atom. The lowest BCUT2D eigenvalue weighted by Crippen LogP contribution is -3.11. The molecule has 0 unspecified atom stereocenters. The summed E-state index contributed by atoms with van der Waals surface area (Å²) in [5.74, 6) is 1.07. The number of fused-ring (bicyclic) bond motifs is 1. The van der Waals surface area contributed by atoms with E-state index in [0.717, 1.165) is 28.4 Å². The number of benzene rings is 1. The van der Waals surface area contributed by atoms with Gasteiger partial charge in [-0.1, -0.05) is 18.0 Å². The zero-order valence-corrected chi connectivity index (χ0v) is 13.8. The summed E-state index contributed by atoms with van der Waals surface area (Å²) in [6.45, 7) is 4.10. The van der Waals surface area contributed by atoms with Crippen LogP contribution in [0.3, 0.4) is 0 Å². The Morgan fingerprint density at radius 1 is 1.14 bits per heavy atom. The van der Waals surface area contributed by atoms with Crippen LogP contribution in [0, 0.1) is 0 Å². The van der Waals surface area contributed by atoms with Gasteiger partial charge in [0.2, 0.25) is 0 Å². The first kappa shape index (κ1) is 15.8. The molecule has 4 nitrogen and oxygen atoms in total. The van der Waals surface area contributed by atoms with Gasteiger partial charge in [0.05, 0.1) is 30.7 Å². The molecule has 2 aromatic rings. The van der Waals surface area contributed by atoms with Crippen molar-refractivity contribution in [2.24, 2.45) is 0 Å². The second kappa shape index (κ2) is 7.44. The summed E-state index contributed by atoms with van der Waals surface area (Å²) in [4.78, 5) is 6.40. The van der Waals surface area contributed by atoms with E-state index in [-0.39, 0.29) is 6.61 Å². The van der Waals surface area contributed by atoms with Crippen molar-refractivity contribution in [3.63, 3.8) is 0 Å². The molecule has 0 radical (unpaired) electrons. The van der Waals surface area contributed by atoms with E-state index < -0.39 is 0 Å². The van der Waals surface area contributed by atoms with Gasteiger partial charge in [-0.15, -0.1) is 0 Å². The highest BCUT2D eigenvalue weighted by Gasteiger charge is 2.18. The molecule has 0 amide bonds. The number of imidazole rings is 1. The maximum Gasteiger partial charge on any atom is 0.165 e. The topological polar surface area (TPSA) is 42.5 Å². The van der Waals surface area contributed by atoms with Gasteiger partial charge in [-0.05, 0) is 43.9 Å². The molecule has 5 heteroatoms. The molecule has 0 spiro atoms. The van der Waals surface area contributed by atoms with Gasteiger partial charge in [0.15, 0.2) is 5.82 Å². The van der Waals surface area contributed by atoms with E-state index >= 15 is 0 Å². The molecule has 2 N–H and O–H groups in total. The fourth-order valence-corrected chi connectivity index (χ4v) is 3.60. The summed E-state index contributed by atoms with van der Waals surface area (Å²) in [6, 6.07) is 5.80. The molecule has 1 fully saturated rings. The largest absolute Gasteiger partial charge is 0.395 e. The fraction of sp³-hybridized carbons (Fsp3) is 0.588. The van der Waals surface area contributed by atoms with E-state index in [4.69, 9.17) is 16.6 Å². The van der Waals surface area contributed by atoms with Crippen molar-refractivity contribution in [2.45, 2.75) is 45.2 Å². The van der Waals surface area contributed by atoms with Crippen molar-refractivity contribution in [1.29, 1.82) is 0 Å². The lowest BCUT2D eigenvalue weighted by atomic mass is 10.1. The minimum absolute atomic E-state index is 0.125. The van der Waals surface area contributed by atoms with Gasteiger partial charge in [0.25, 0.3) is 0 Å². The number of aromatic nitrogens is 2. The Labute approximate surface area is 136 Å². The smallest absolute Gasteiger partial charge is 0.165 e. The Hall–Kier alpha value is -1.10. The van der Waals surface area contributed by atoms with Gasteiger partial charge in [-0.25, -0.2) is 4.98 Å². The number of quaternary nitrogens is 1. The highest BCUT2D eigenvalue weighted by Crippen LogP contribution is 2.20. The number of rotatable bonds is 4. The third kappa shape index (κ3) is 3.62. The Morgan fingerprint density at radius 2 is 1.86 bits per heavy atom. The number of halogens is 1. The predicted octanol–water partition coefficient (Wildman–Crippen LogP) is 2.03. The third-order valence-electron chi connectivity index (χ3n) is 4.58. The summed E-state index contributed by atoms with van der Waals surface area (Å²) < 4.78 is 2.13. The minimum Gasteiger partial charge on any atom is -0.395 e. The molecule has 1 saturated heterocycles. The van der Waals surface area contributed by atoms with Crippen molar-refractivity contribution in [1.82, 2.24) is 9.55 Å². The number of nitrogens with zero attached hydrogens (tertiary/aromatic N) is 2. The van der Waals surface area contributed by atoms with Crippen molar-refractivity contribution in [3.8, 4) is 0 Å². The van der Waals surface area contributed by atoms with Crippen LogP contribution in [0.5, 0.6) is 0 Å². The molecule has 3 rings (SSSR count). The van der Waals surface area contributed by atoms with Crippen molar-refractivity contribution in [2.75, 3.05) is 19.7 Å². The van der Waals surface area contributed by atoms with Crippen molar-refractivity contribution in [3.05, 3.63) is 29.0 Å². The second-order valence-corrected chi connectivity index (χ2v) is 6.67. The van der Waals surface area contributed by atoms with Crippen LogP contribution in [-0.2, 0) is 13.1 Å². The SMILES string of the molecule is OCCn1c(C[NH+]2CCCCCCC2)nc2ccc(Cl)cc21. The zero-order chi connectivity index (χ0) is 15.4. The number of likely N-dealkylation sites (tertiary alicyclic amines) is 1. The first-order valence-electron chi connectivity index (χ1n) is 8.37. The molecule has 1 aliphatic heterocycles. The second-order valence-electron chi connectivity index (χ2n) is 6.23. The first-order chi connectivity index (χ1) is 10.8. The minimum atomic E-state index is 0.125. The number of aliphatic hydroxyl groups is 1. The summed E-state index contributed by atoms with van der Waals surface area (Å²) >= 11 is 6.12. The molecule has 0 atom stereocenters. The monoisotopic (exact) mass is 322 g/mol. The molecule has 0 aliphatic carbocycles. The summed E-state index contributed by atoms with van der Waals surface area (Å²) in [7, 11) is 0. The van der Waals surface area contributed by atoms with Crippen LogP contribution in [0.2, 0.25) is 5.02 Å². The third-order valence-corrected chi connectivity index (χ3v) is 4.82. The highest BCUT2D eigenvalue weighted by atomic mass is 35.5. The molecule has 1 aromatic heterocycles. The van der Waals surface area contributed by atoms with Crippen LogP contribution in [0.4, 0.5) is 0 Å². The number of hydrogen-bond donors (Lipinski definition) is 2. The molecular weight excluding hydrogens is 298 g/mol. The maximum absolute atomic E-state index is 9.39. The molecule has 120 valence electrons. The molecule has 22 heavy (non-hydrogen) atoms. The zero-order valence-electron chi connectivity index (χ0n) is 13.0. The van der Waals surface area contributed by atoms with Crippen LogP contribution < -0.4 is 4.90 Å². The summed E-state index contributed by atoms with van der Waals surface area (Å²) in [5.41, 5.74) is 2.00. The van der Waals surface area contributed by atoms with Gasteiger partial charge in [0, 0.05) is 11.6 Å². The van der Waals surface area contributed by atoms with E-state index in [0.29, 0.717) is 6.54 Å². The van der Waals surface area contributed by atoms with Crippen molar-refractivity contribution >= 4 is 22.6 Å². The number of hydrogen-bond acceptors (Lipinski definition) is 2. The number of aliphatic hydroxyl groups excluding tert-OH is 1. The average Bonchev–Trinajstić information content (AvgIpc) is 2.80. The predicted molar refractivity (Wildman–Crippen MR) is 89.3 cm³/mol. The Balaban J connectivity index is 1.86. The van der Waals surface area contributed by atoms with Crippen LogP contribution >= 0.6 is 11.6 Å². The first-order valence-corrected chi connectivity index (χ1v) is 8.75. The lowest BCUT2D eigenvalue weighted by Gasteiger charge is -2.21. The maximum atomic E-state index is 9.39. The highest BCUT2D eigenvalue weighted by molar-refractivity contribution is 6.31. The standard InChI is InChI=1S/C17H24ClN3O/c18-14-6-7-15-16(12-14)21(10-11-22)17(19-15)13-20-8-4-2-1-3-5-9-20/h6-7,12,22H,1-5,8-11,13H2/p+1. The van der Waals surface area contributed by atoms with Crippen LogP contribution in [0.1, 0.15) is 37.9 Å². The summed E-state index contributed by atoms with van der Waals surface area (Å²) in [6.07, 6.45) is 6.70. The molecule has 1 aromatic carbocycles. The van der Waals surface area contributed by atoms with Gasteiger partial charge in [0.1, 0.15) is 6.54 Å². The van der Waals surface area contributed by atoms with Gasteiger partial charge >= 0.3 is 0 Å². The molecule has 1 aliphatic rings. The van der Waals surface area contributed by atoms with Gasteiger partial charge < -0.3 is 14.6 Å². The van der Waals surface area contributed by atoms with Crippen LogP contribution in [0.25, 0.3) is 11.0 Å². The molecule has 2 heterocycles. The average molecular weight is 323 g/mol. The van der Waals surface area contributed by atoms with Gasteiger partial charge in [-0.2, -0.15) is 0 Å². The lowest BCUT2D eigenvalue weighted by molar-refractivity contribution is -0.915. The fourth-order valence-electron chi connectivity index (χ4n) is 3.44. The summed E-state index contributed by atoms with van der Waals surface area (Å²) in [5, 5.41) is 10.1. The van der Waals surface area contributed by atoms with Gasteiger partial charge in [-0.3, -0.25) is 0 Å². The van der Waals surface area contributed by atoms with E-state index in [1.807, 2.05) is 18.2 Å². The van der Waals surface area contributed by atoms with Crippen LogP contribution in [-0.4, -0.2) is 34.4 Å². The van der Waals surface area contributed by atoms with E-state index in [1.54, 1.807) is 4.90 Å². The Bertz CT molecular complexity index is 618. The number of nitrogens with one attached hydrogen (secondary N) is 1. The Kier molecular flexibility index (Phi) is 5.34. The molecular formula is C17H25ClN3O+. The van der Waals surface area contributed by atoms with E-state index in [1.165, 1.54) is 45.2 Å². The van der Waals surface area contributed by atoms with E-state index in [2.05, 4.69) is 4.57 Å². The quantitative estimate of drug-likeness (QED) is 0.904. The molecule has 0 bridgehead atoms. The van der Waals surface area contributed by atoms with E-state index in [9.17, 15) is 5.11 Å². The molecule has 0 saturated carbocycles.